The van der Waals surface area contributed by atoms with Gasteiger partial charge in [0, 0.05) is 25.7 Å². The molecule has 2 saturated heterocycles. The van der Waals surface area contributed by atoms with E-state index in [0.717, 1.165) is 0 Å². The van der Waals surface area contributed by atoms with Crippen molar-refractivity contribution in [3.63, 3.8) is 0 Å². The molecule has 10 heteroatoms. The first kappa shape index (κ1) is 18.6. The predicted molar refractivity (Wildman–Crippen MR) is 82.5 cm³/mol. The first-order valence-corrected chi connectivity index (χ1v) is 8.11. The molecule has 4 N–H and O–H groups in total. The Kier molecular flexibility index (Phi) is 6.20. The first-order chi connectivity index (χ1) is 11.8. The van der Waals surface area contributed by atoms with E-state index in [-0.39, 0.29) is 68.6 Å². The summed E-state index contributed by atoms with van der Waals surface area (Å²) in [6.45, 7) is 0. The van der Waals surface area contributed by atoms with E-state index in [1.165, 1.54) is 0 Å². The van der Waals surface area contributed by atoms with Crippen LogP contribution in [-0.4, -0.2) is 47.5 Å². The molecule has 0 aromatic carbocycles. The third-order valence-electron chi connectivity index (χ3n) is 3.96. The van der Waals surface area contributed by atoms with Crippen LogP contribution in [0.25, 0.3) is 0 Å². The summed E-state index contributed by atoms with van der Waals surface area (Å²) in [5, 5.41) is 9.33. The van der Waals surface area contributed by atoms with Crippen LogP contribution in [0.3, 0.4) is 0 Å². The zero-order chi connectivity index (χ0) is 18.4. The van der Waals surface area contributed by atoms with E-state index in [4.69, 9.17) is 0 Å². The van der Waals surface area contributed by atoms with Crippen LogP contribution in [0.5, 0.6) is 0 Å². The third-order valence-corrected chi connectivity index (χ3v) is 3.96. The topological polar surface area (TPSA) is 151 Å². The Bertz CT molecular complexity index is 565. The molecule has 10 nitrogen and oxygen atoms in total. The summed E-state index contributed by atoms with van der Waals surface area (Å²) in [6, 6.07) is -1.47. The number of piperidine rings is 2. The van der Waals surface area contributed by atoms with Crippen LogP contribution in [0.1, 0.15) is 44.9 Å². The van der Waals surface area contributed by atoms with E-state index in [9.17, 15) is 28.8 Å². The maximum atomic E-state index is 11.8. The minimum atomic E-state index is -0.734. The lowest BCUT2D eigenvalue weighted by Gasteiger charge is -2.22. The second-order valence-corrected chi connectivity index (χ2v) is 6.00. The van der Waals surface area contributed by atoms with Gasteiger partial charge in [-0.05, 0) is 19.3 Å². The number of amides is 6. The van der Waals surface area contributed by atoms with Gasteiger partial charge in [-0.3, -0.25) is 39.4 Å². The first-order valence-electron chi connectivity index (χ1n) is 8.11. The number of hydrogen-bond donors (Lipinski definition) is 4. The fraction of sp³-hybridized carbons (Fsp3) is 0.600. The summed E-state index contributed by atoms with van der Waals surface area (Å²) in [4.78, 5) is 68.7. The maximum Gasteiger partial charge on any atom is 0.249 e. The number of hydrogen-bond acceptors (Lipinski definition) is 6. The van der Waals surface area contributed by atoms with Crippen LogP contribution in [0.2, 0.25) is 0 Å². The van der Waals surface area contributed by atoms with Crippen molar-refractivity contribution in [2.75, 3.05) is 0 Å². The normalized spacial score (nSPS) is 23.5. The molecule has 136 valence electrons. The van der Waals surface area contributed by atoms with Gasteiger partial charge in [0.05, 0.1) is 0 Å². The molecule has 0 bridgehead atoms. The van der Waals surface area contributed by atoms with Crippen LogP contribution in [-0.2, 0) is 28.8 Å². The molecule has 2 aliphatic rings. The number of nitrogens with one attached hydrogen (secondary N) is 4. The average Bonchev–Trinajstić information content (AvgIpc) is 2.53. The Labute approximate surface area is 143 Å². The van der Waals surface area contributed by atoms with Crippen LogP contribution in [0, 0.1) is 0 Å². The van der Waals surface area contributed by atoms with E-state index in [1.807, 2.05) is 0 Å². The number of imide groups is 2. The molecule has 2 fully saturated rings. The van der Waals surface area contributed by atoms with Crippen molar-refractivity contribution >= 4 is 35.4 Å². The summed E-state index contributed by atoms with van der Waals surface area (Å²) in [5.41, 5.74) is 0. The van der Waals surface area contributed by atoms with Gasteiger partial charge in [0.25, 0.3) is 0 Å². The summed E-state index contributed by atoms with van der Waals surface area (Å²) in [6.07, 6.45) is 1.19. The molecule has 0 saturated carbocycles. The van der Waals surface area contributed by atoms with Gasteiger partial charge in [-0.15, -0.1) is 0 Å². The predicted octanol–water partition coefficient (Wildman–Crippen LogP) is -2.00. The van der Waals surface area contributed by atoms with Crippen molar-refractivity contribution in [2.45, 2.75) is 57.0 Å². The Balaban J connectivity index is 1.64. The van der Waals surface area contributed by atoms with E-state index >= 15 is 0 Å². The van der Waals surface area contributed by atoms with Crippen molar-refractivity contribution in [3.8, 4) is 0 Å². The largest absolute Gasteiger partial charge is 0.344 e. The lowest BCUT2D eigenvalue weighted by atomic mass is 10.1. The van der Waals surface area contributed by atoms with Gasteiger partial charge in [0.1, 0.15) is 12.1 Å². The van der Waals surface area contributed by atoms with Gasteiger partial charge in [0.2, 0.25) is 35.4 Å². The minimum absolute atomic E-state index is 0.0422. The van der Waals surface area contributed by atoms with Gasteiger partial charge in [-0.1, -0.05) is 0 Å². The molecule has 2 rings (SSSR count). The molecule has 0 aliphatic carbocycles. The van der Waals surface area contributed by atoms with E-state index < -0.39 is 23.9 Å². The second kappa shape index (κ2) is 8.36. The van der Waals surface area contributed by atoms with Crippen molar-refractivity contribution < 1.29 is 28.8 Å². The minimum Gasteiger partial charge on any atom is -0.344 e. The summed E-state index contributed by atoms with van der Waals surface area (Å²) < 4.78 is 0. The molecular formula is C15H20N4O6. The van der Waals surface area contributed by atoms with Crippen molar-refractivity contribution in [2.24, 2.45) is 0 Å². The van der Waals surface area contributed by atoms with E-state index in [0.29, 0.717) is 0 Å². The Morgan fingerprint density at radius 1 is 0.800 bits per heavy atom. The van der Waals surface area contributed by atoms with Crippen LogP contribution < -0.4 is 21.3 Å². The third kappa shape index (κ3) is 5.66. The fourth-order valence-electron chi connectivity index (χ4n) is 2.61. The van der Waals surface area contributed by atoms with Crippen LogP contribution in [0.4, 0.5) is 0 Å². The van der Waals surface area contributed by atoms with Gasteiger partial charge in [0.15, 0.2) is 0 Å². The highest BCUT2D eigenvalue weighted by Crippen LogP contribution is 2.07. The highest BCUT2D eigenvalue weighted by molar-refractivity contribution is 6.02. The van der Waals surface area contributed by atoms with Crippen molar-refractivity contribution in [3.05, 3.63) is 0 Å². The number of carbonyl (C=O) groups excluding carboxylic acids is 6. The molecule has 0 radical (unpaired) electrons. The Morgan fingerprint density at radius 3 is 1.56 bits per heavy atom. The van der Waals surface area contributed by atoms with Gasteiger partial charge >= 0.3 is 0 Å². The highest BCUT2D eigenvalue weighted by atomic mass is 16.2. The van der Waals surface area contributed by atoms with Crippen molar-refractivity contribution in [1.82, 2.24) is 21.3 Å². The molecule has 6 amide bonds. The standard InChI is InChI=1S/C15H20N4O6/c20-10(16-8-4-6-12(22)18-14(8)24)2-1-3-11(21)17-9-5-7-13(23)19-15(9)25/h8-9H,1-7H2,(H,16,20)(H,17,21)(H,18,22,24)(H,19,23,25). The van der Waals surface area contributed by atoms with Crippen LogP contribution in [0.15, 0.2) is 0 Å². The molecule has 25 heavy (non-hydrogen) atoms. The van der Waals surface area contributed by atoms with Crippen LogP contribution >= 0.6 is 0 Å². The lowest BCUT2D eigenvalue weighted by Crippen LogP contribution is -2.52. The lowest BCUT2D eigenvalue weighted by molar-refractivity contribution is -0.137. The van der Waals surface area contributed by atoms with Gasteiger partial charge in [-0.25, -0.2) is 0 Å². The smallest absolute Gasteiger partial charge is 0.249 e. The molecule has 0 aromatic rings. The second-order valence-electron chi connectivity index (χ2n) is 6.00. The summed E-state index contributed by atoms with van der Waals surface area (Å²) in [5.74, 6) is -2.55. The average molecular weight is 352 g/mol. The Hall–Kier alpha value is -2.78. The van der Waals surface area contributed by atoms with Gasteiger partial charge in [-0.2, -0.15) is 0 Å². The number of carbonyl (C=O) groups is 6. The molecule has 0 spiro atoms. The quantitative estimate of drug-likeness (QED) is 0.406. The SMILES string of the molecule is O=C1CCC(NC(=O)CCCC(=O)NC2CCC(=O)NC2=O)C(=O)N1. The molecule has 2 atom stereocenters. The number of rotatable bonds is 6. The van der Waals surface area contributed by atoms with E-state index in [2.05, 4.69) is 21.3 Å². The van der Waals surface area contributed by atoms with Gasteiger partial charge < -0.3 is 10.6 Å². The monoisotopic (exact) mass is 352 g/mol. The Morgan fingerprint density at radius 2 is 1.20 bits per heavy atom. The summed E-state index contributed by atoms with van der Waals surface area (Å²) >= 11 is 0. The van der Waals surface area contributed by atoms with E-state index in [1.54, 1.807) is 0 Å². The highest BCUT2D eigenvalue weighted by Gasteiger charge is 2.29. The molecule has 2 heterocycles. The maximum absolute atomic E-state index is 11.8. The fourth-order valence-corrected chi connectivity index (χ4v) is 2.61. The zero-order valence-electron chi connectivity index (χ0n) is 13.6. The molecule has 2 aliphatic heterocycles. The molecular weight excluding hydrogens is 332 g/mol. The molecule has 0 aromatic heterocycles. The summed E-state index contributed by atoms with van der Waals surface area (Å²) in [7, 11) is 0. The van der Waals surface area contributed by atoms with Crippen molar-refractivity contribution in [1.29, 1.82) is 0 Å². The zero-order valence-corrected chi connectivity index (χ0v) is 13.6. The molecule has 2 unspecified atom stereocenters.